The minimum atomic E-state index is -0.937. The van der Waals surface area contributed by atoms with Crippen LogP contribution in [0.5, 0.6) is 0 Å². The average Bonchev–Trinajstić information content (AvgIpc) is 2.45. The van der Waals surface area contributed by atoms with Crippen LogP contribution in [-0.4, -0.2) is 39.1 Å². The van der Waals surface area contributed by atoms with Crippen LogP contribution < -0.4 is 0 Å². The van der Waals surface area contributed by atoms with Crippen LogP contribution in [0.25, 0.3) is 5.57 Å². The molecule has 0 spiro atoms. The van der Waals surface area contributed by atoms with Crippen molar-refractivity contribution in [3.8, 4) is 0 Å². The van der Waals surface area contributed by atoms with Gasteiger partial charge in [-0.2, -0.15) is 0 Å². The smallest absolute Gasteiger partial charge is 0.407 e. The lowest BCUT2D eigenvalue weighted by Crippen LogP contribution is -2.33. The zero-order chi connectivity index (χ0) is 16.5. The van der Waals surface area contributed by atoms with Crippen LogP contribution >= 0.6 is 0 Å². The summed E-state index contributed by atoms with van der Waals surface area (Å²) in [7, 11) is 0. The Labute approximate surface area is 128 Å². The molecule has 1 aliphatic heterocycles. The topological polar surface area (TPSA) is 96.6 Å². The predicted molar refractivity (Wildman–Crippen MR) is 81.8 cm³/mol. The SMILES string of the molecule is CC(C)(C)c1nc([N+](=O)[O-])ccc1C1=CCN(C(=O)O)CC1. The van der Waals surface area contributed by atoms with E-state index in [0.29, 0.717) is 25.2 Å². The fourth-order valence-corrected chi connectivity index (χ4v) is 2.47. The zero-order valence-corrected chi connectivity index (χ0v) is 12.9. The quantitative estimate of drug-likeness (QED) is 0.669. The van der Waals surface area contributed by atoms with E-state index in [4.69, 9.17) is 5.11 Å². The first-order valence-electron chi connectivity index (χ1n) is 7.03. The van der Waals surface area contributed by atoms with Gasteiger partial charge in [0, 0.05) is 30.1 Å². The highest BCUT2D eigenvalue weighted by Gasteiger charge is 2.29. The van der Waals surface area contributed by atoms with Crippen molar-refractivity contribution in [1.29, 1.82) is 0 Å². The van der Waals surface area contributed by atoms with E-state index in [0.717, 1.165) is 11.1 Å². The first-order valence-corrected chi connectivity index (χ1v) is 7.03. The number of pyridine rings is 1. The van der Waals surface area contributed by atoms with Crippen molar-refractivity contribution < 1.29 is 14.8 Å². The molecule has 0 saturated heterocycles. The molecule has 0 radical (unpaired) electrons. The molecular formula is C15H19N3O4. The van der Waals surface area contributed by atoms with Crippen LogP contribution in [0, 0.1) is 10.1 Å². The summed E-state index contributed by atoms with van der Waals surface area (Å²) in [5.74, 6) is -0.169. The van der Waals surface area contributed by atoms with Crippen LogP contribution in [0.3, 0.4) is 0 Å². The molecule has 2 heterocycles. The van der Waals surface area contributed by atoms with Crippen molar-refractivity contribution in [1.82, 2.24) is 9.88 Å². The predicted octanol–water partition coefficient (Wildman–Crippen LogP) is 3.05. The van der Waals surface area contributed by atoms with Crippen LogP contribution in [0.2, 0.25) is 0 Å². The van der Waals surface area contributed by atoms with Crippen molar-refractivity contribution in [3.63, 3.8) is 0 Å². The third-order valence-corrected chi connectivity index (χ3v) is 3.60. The number of hydrogen-bond donors (Lipinski definition) is 1. The van der Waals surface area contributed by atoms with Gasteiger partial charge in [0.15, 0.2) is 5.69 Å². The Hall–Kier alpha value is -2.44. The Morgan fingerprint density at radius 1 is 1.41 bits per heavy atom. The third-order valence-electron chi connectivity index (χ3n) is 3.60. The maximum atomic E-state index is 11.0. The fourth-order valence-electron chi connectivity index (χ4n) is 2.47. The molecule has 7 nitrogen and oxygen atoms in total. The highest BCUT2D eigenvalue weighted by Crippen LogP contribution is 2.33. The van der Waals surface area contributed by atoms with Crippen molar-refractivity contribution in [3.05, 3.63) is 39.6 Å². The minimum Gasteiger partial charge on any atom is -0.465 e. The summed E-state index contributed by atoms with van der Waals surface area (Å²) >= 11 is 0. The number of nitrogens with zero attached hydrogens (tertiary/aromatic N) is 3. The lowest BCUT2D eigenvalue weighted by Gasteiger charge is -2.25. The van der Waals surface area contributed by atoms with Crippen molar-refractivity contribution >= 4 is 17.5 Å². The number of aromatic nitrogens is 1. The van der Waals surface area contributed by atoms with Gasteiger partial charge in [-0.25, -0.2) is 4.79 Å². The van der Waals surface area contributed by atoms with Crippen molar-refractivity contribution in [2.45, 2.75) is 32.6 Å². The highest BCUT2D eigenvalue weighted by molar-refractivity contribution is 5.73. The third kappa shape index (κ3) is 3.24. The van der Waals surface area contributed by atoms with Crippen LogP contribution in [0.15, 0.2) is 18.2 Å². The maximum absolute atomic E-state index is 11.0. The Balaban J connectivity index is 2.43. The molecule has 1 aromatic rings. The minimum absolute atomic E-state index is 0.169. The molecule has 118 valence electrons. The van der Waals surface area contributed by atoms with Crippen LogP contribution in [-0.2, 0) is 5.41 Å². The number of carbonyl (C=O) groups is 1. The summed E-state index contributed by atoms with van der Waals surface area (Å²) in [6.07, 6.45) is 1.50. The Bertz CT molecular complexity index is 647. The van der Waals surface area contributed by atoms with Crippen molar-refractivity contribution in [2.24, 2.45) is 0 Å². The normalized spacial score (nSPS) is 15.4. The van der Waals surface area contributed by atoms with Gasteiger partial charge in [-0.05, 0) is 28.0 Å². The average molecular weight is 305 g/mol. The Morgan fingerprint density at radius 3 is 2.55 bits per heavy atom. The van der Waals surface area contributed by atoms with E-state index in [-0.39, 0.29) is 11.2 Å². The molecule has 0 aromatic carbocycles. The standard InChI is InChI=1S/C15H19N3O4/c1-15(2,3)13-11(4-5-12(16-13)18(21)22)10-6-8-17(9-7-10)14(19)20/h4-6H,7-9H2,1-3H3,(H,19,20). The summed E-state index contributed by atoms with van der Waals surface area (Å²) in [5.41, 5.74) is 2.18. The Morgan fingerprint density at radius 2 is 2.09 bits per heavy atom. The lowest BCUT2D eigenvalue weighted by molar-refractivity contribution is -0.389. The highest BCUT2D eigenvalue weighted by atomic mass is 16.6. The number of carboxylic acid groups (broad SMARTS) is 1. The Kier molecular flexibility index (Phi) is 4.16. The molecule has 1 amide bonds. The van der Waals surface area contributed by atoms with E-state index in [1.54, 1.807) is 6.07 Å². The van der Waals surface area contributed by atoms with E-state index in [9.17, 15) is 14.9 Å². The summed E-state index contributed by atoms with van der Waals surface area (Å²) in [5, 5.41) is 19.9. The molecule has 0 fully saturated rings. The van der Waals surface area contributed by atoms with Crippen molar-refractivity contribution in [2.75, 3.05) is 13.1 Å². The van der Waals surface area contributed by atoms with Gasteiger partial charge < -0.3 is 20.1 Å². The molecular weight excluding hydrogens is 286 g/mol. The van der Waals surface area contributed by atoms with Gasteiger partial charge in [0.25, 0.3) is 0 Å². The maximum Gasteiger partial charge on any atom is 0.407 e. The molecule has 22 heavy (non-hydrogen) atoms. The molecule has 1 N–H and O–H groups in total. The molecule has 0 unspecified atom stereocenters. The van der Waals surface area contributed by atoms with Gasteiger partial charge in [0.05, 0.1) is 0 Å². The van der Waals surface area contributed by atoms with Crippen LogP contribution in [0.4, 0.5) is 10.6 Å². The molecule has 1 aliphatic rings. The van der Waals surface area contributed by atoms with E-state index >= 15 is 0 Å². The second kappa shape index (κ2) is 5.75. The number of nitro groups is 1. The second-order valence-electron chi connectivity index (χ2n) is 6.28. The summed E-state index contributed by atoms with van der Waals surface area (Å²) in [6, 6.07) is 3.11. The van der Waals surface area contributed by atoms with E-state index < -0.39 is 11.0 Å². The van der Waals surface area contributed by atoms with E-state index in [2.05, 4.69) is 4.98 Å². The largest absolute Gasteiger partial charge is 0.465 e. The fraction of sp³-hybridized carbons (Fsp3) is 0.467. The number of amides is 1. The molecule has 0 aliphatic carbocycles. The van der Waals surface area contributed by atoms with Gasteiger partial charge >= 0.3 is 11.9 Å². The van der Waals surface area contributed by atoms with Gasteiger partial charge in [-0.15, -0.1) is 0 Å². The van der Waals surface area contributed by atoms with Gasteiger partial charge in [-0.3, -0.25) is 0 Å². The molecule has 0 saturated carbocycles. The molecule has 1 aromatic heterocycles. The summed E-state index contributed by atoms with van der Waals surface area (Å²) in [4.78, 5) is 26.9. The summed E-state index contributed by atoms with van der Waals surface area (Å²) in [6.45, 7) is 6.60. The van der Waals surface area contributed by atoms with Crippen LogP contribution in [0.1, 0.15) is 38.4 Å². The molecule has 2 rings (SSSR count). The second-order valence-corrected chi connectivity index (χ2v) is 6.28. The monoisotopic (exact) mass is 305 g/mol. The van der Waals surface area contributed by atoms with Gasteiger partial charge in [0.2, 0.25) is 0 Å². The molecule has 7 heteroatoms. The zero-order valence-electron chi connectivity index (χ0n) is 12.9. The number of hydrogen-bond acceptors (Lipinski definition) is 4. The number of rotatable bonds is 2. The van der Waals surface area contributed by atoms with E-state index in [1.165, 1.54) is 11.0 Å². The van der Waals surface area contributed by atoms with Gasteiger partial charge in [0.1, 0.15) is 0 Å². The lowest BCUT2D eigenvalue weighted by atomic mass is 9.84. The van der Waals surface area contributed by atoms with Gasteiger partial charge in [-0.1, -0.05) is 26.8 Å². The summed E-state index contributed by atoms with van der Waals surface area (Å²) < 4.78 is 0. The molecule has 0 bridgehead atoms. The first kappa shape index (κ1) is 15.9. The first-order chi connectivity index (χ1) is 10.2. The van der Waals surface area contributed by atoms with E-state index in [1.807, 2.05) is 26.8 Å². The molecule has 0 atom stereocenters.